The normalized spacial score (nSPS) is 27.4. The van der Waals surface area contributed by atoms with Gasteiger partial charge in [-0.2, -0.15) is 0 Å². The maximum atomic E-state index is 5.07. The van der Waals surface area contributed by atoms with Crippen LogP contribution in [0.3, 0.4) is 0 Å². The number of hydrogen-bond donors (Lipinski definition) is 1. The molecule has 0 spiro atoms. The van der Waals surface area contributed by atoms with Crippen molar-refractivity contribution in [1.82, 2.24) is 9.55 Å². The molecule has 0 bridgehead atoms. The Morgan fingerprint density at radius 3 is 2.74 bits per heavy atom. The van der Waals surface area contributed by atoms with E-state index in [9.17, 15) is 0 Å². The summed E-state index contributed by atoms with van der Waals surface area (Å²) >= 11 is 0. The Labute approximate surface area is 116 Å². The predicted molar refractivity (Wildman–Crippen MR) is 78.4 cm³/mol. The van der Waals surface area contributed by atoms with Gasteiger partial charge in [0.05, 0.1) is 0 Å². The van der Waals surface area contributed by atoms with Gasteiger partial charge in [-0.3, -0.25) is 0 Å². The first-order valence-electron chi connectivity index (χ1n) is 7.46. The zero-order valence-electron chi connectivity index (χ0n) is 12.4. The van der Waals surface area contributed by atoms with Crippen molar-refractivity contribution in [2.45, 2.75) is 45.6 Å². The van der Waals surface area contributed by atoms with E-state index in [2.05, 4.69) is 34.9 Å². The van der Waals surface area contributed by atoms with Crippen LogP contribution in [0.4, 0.5) is 5.95 Å². The Bertz CT molecular complexity index is 367. The molecule has 2 atom stereocenters. The highest BCUT2D eigenvalue weighted by atomic mass is 16.5. The van der Waals surface area contributed by atoms with Crippen LogP contribution in [0, 0.1) is 11.8 Å². The molecular weight excluding hydrogens is 238 g/mol. The van der Waals surface area contributed by atoms with Gasteiger partial charge in [-0.15, -0.1) is 0 Å². The zero-order valence-corrected chi connectivity index (χ0v) is 12.4. The molecular formula is C15H27N3O. The molecule has 19 heavy (non-hydrogen) atoms. The molecule has 4 heteroatoms. The molecule has 0 aliphatic heterocycles. The van der Waals surface area contributed by atoms with Crippen LogP contribution < -0.4 is 5.32 Å². The van der Waals surface area contributed by atoms with Crippen molar-refractivity contribution < 1.29 is 4.74 Å². The third-order valence-electron chi connectivity index (χ3n) is 4.02. The van der Waals surface area contributed by atoms with Crippen LogP contribution in [0.5, 0.6) is 0 Å². The summed E-state index contributed by atoms with van der Waals surface area (Å²) in [6.07, 6.45) is 8.94. The summed E-state index contributed by atoms with van der Waals surface area (Å²) in [6, 6.07) is 0.603. The average Bonchev–Trinajstić information content (AvgIpc) is 2.82. The molecule has 1 saturated carbocycles. The van der Waals surface area contributed by atoms with E-state index in [4.69, 9.17) is 4.74 Å². The van der Waals surface area contributed by atoms with Crippen LogP contribution in [0.1, 0.15) is 45.6 Å². The van der Waals surface area contributed by atoms with Gasteiger partial charge in [0.1, 0.15) is 0 Å². The summed E-state index contributed by atoms with van der Waals surface area (Å²) in [4.78, 5) is 4.45. The first-order valence-corrected chi connectivity index (χ1v) is 7.46. The van der Waals surface area contributed by atoms with Crippen molar-refractivity contribution in [2.75, 3.05) is 25.6 Å². The average molecular weight is 265 g/mol. The molecule has 0 radical (unpaired) electrons. The number of methoxy groups -OCH3 is 1. The summed E-state index contributed by atoms with van der Waals surface area (Å²) in [7, 11) is 1.74. The Hall–Kier alpha value is -1.03. The molecule has 0 saturated heterocycles. The van der Waals surface area contributed by atoms with Gasteiger partial charge >= 0.3 is 0 Å². The van der Waals surface area contributed by atoms with Gasteiger partial charge in [0.25, 0.3) is 0 Å². The topological polar surface area (TPSA) is 39.1 Å². The van der Waals surface area contributed by atoms with E-state index in [0.29, 0.717) is 6.04 Å². The number of nitrogens with one attached hydrogen (secondary N) is 1. The third-order valence-corrected chi connectivity index (χ3v) is 4.02. The smallest absolute Gasteiger partial charge is 0.203 e. The molecule has 4 nitrogen and oxygen atoms in total. The summed E-state index contributed by atoms with van der Waals surface area (Å²) in [5, 5.41) is 3.43. The lowest BCUT2D eigenvalue weighted by Gasteiger charge is -2.33. The van der Waals surface area contributed by atoms with Crippen molar-refractivity contribution >= 4 is 5.95 Å². The first-order chi connectivity index (χ1) is 9.20. The van der Waals surface area contributed by atoms with E-state index in [1.165, 1.54) is 19.3 Å². The molecule has 1 heterocycles. The number of imidazole rings is 1. The highest BCUT2D eigenvalue weighted by Crippen LogP contribution is 2.37. The fraction of sp³-hybridized carbons (Fsp3) is 0.800. The standard InChI is InChI=1S/C15H27N3O/c1-12-9-13(2)11-14(10-12)18-7-6-17-15(18)16-5-4-8-19-3/h6-7,12-14H,4-5,8-11H2,1-3H3,(H,16,17). The number of aromatic nitrogens is 2. The lowest BCUT2D eigenvalue weighted by Crippen LogP contribution is -2.23. The van der Waals surface area contributed by atoms with Crippen LogP contribution in [-0.2, 0) is 4.74 Å². The van der Waals surface area contributed by atoms with Gasteiger partial charge < -0.3 is 14.6 Å². The lowest BCUT2D eigenvalue weighted by atomic mass is 9.80. The zero-order chi connectivity index (χ0) is 13.7. The molecule has 1 N–H and O–H groups in total. The Kier molecular flexibility index (Phi) is 5.25. The van der Waals surface area contributed by atoms with Crippen LogP contribution >= 0.6 is 0 Å². The van der Waals surface area contributed by atoms with Crippen molar-refractivity contribution in [1.29, 1.82) is 0 Å². The van der Waals surface area contributed by atoms with E-state index in [0.717, 1.165) is 37.4 Å². The van der Waals surface area contributed by atoms with E-state index >= 15 is 0 Å². The molecule has 1 aliphatic rings. The van der Waals surface area contributed by atoms with E-state index in [1.54, 1.807) is 7.11 Å². The van der Waals surface area contributed by atoms with Crippen molar-refractivity contribution in [2.24, 2.45) is 11.8 Å². The van der Waals surface area contributed by atoms with Gasteiger partial charge in [-0.25, -0.2) is 4.98 Å². The van der Waals surface area contributed by atoms with Crippen molar-refractivity contribution in [3.05, 3.63) is 12.4 Å². The number of ether oxygens (including phenoxy) is 1. The quantitative estimate of drug-likeness (QED) is 0.802. The van der Waals surface area contributed by atoms with Crippen LogP contribution in [0.25, 0.3) is 0 Å². The minimum atomic E-state index is 0.603. The van der Waals surface area contributed by atoms with Gasteiger partial charge in [0.15, 0.2) is 0 Å². The molecule has 2 unspecified atom stereocenters. The molecule has 2 rings (SSSR count). The summed E-state index contributed by atoms with van der Waals surface area (Å²) in [6.45, 7) is 6.45. The van der Waals surface area contributed by atoms with Crippen LogP contribution in [0.2, 0.25) is 0 Å². The molecule has 1 aliphatic carbocycles. The number of nitrogens with zero attached hydrogens (tertiary/aromatic N) is 2. The largest absolute Gasteiger partial charge is 0.385 e. The fourth-order valence-corrected chi connectivity index (χ4v) is 3.29. The Morgan fingerprint density at radius 2 is 2.05 bits per heavy atom. The molecule has 1 aromatic heterocycles. The lowest BCUT2D eigenvalue weighted by molar-refractivity contribution is 0.197. The van der Waals surface area contributed by atoms with Gasteiger partial charge in [0, 0.05) is 38.7 Å². The highest BCUT2D eigenvalue weighted by Gasteiger charge is 2.26. The molecule has 1 fully saturated rings. The predicted octanol–water partition coefficient (Wildman–Crippen LogP) is 3.33. The second-order valence-electron chi connectivity index (χ2n) is 6.00. The number of rotatable bonds is 6. The molecule has 0 aromatic carbocycles. The Morgan fingerprint density at radius 1 is 1.32 bits per heavy atom. The number of hydrogen-bond acceptors (Lipinski definition) is 3. The summed E-state index contributed by atoms with van der Waals surface area (Å²) in [5.41, 5.74) is 0. The SMILES string of the molecule is COCCCNc1nccn1C1CC(C)CC(C)C1. The molecule has 1 aromatic rings. The highest BCUT2D eigenvalue weighted by molar-refractivity contribution is 5.26. The van der Waals surface area contributed by atoms with Gasteiger partial charge in [-0.1, -0.05) is 13.8 Å². The minimum Gasteiger partial charge on any atom is -0.385 e. The van der Waals surface area contributed by atoms with Crippen molar-refractivity contribution in [3.63, 3.8) is 0 Å². The maximum absolute atomic E-state index is 5.07. The maximum Gasteiger partial charge on any atom is 0.203 e. The number of anilines is 1. The monoisotopic (exact) mass is 265 g/mol. The van der Waals surface area contributed by atoms with E-state index in [-0.39, 0.29) is 0 Å². The van der Waals surface area contributed by atoms with Gasteiger partial charge in [0.2, 0.25) is 5.95 Å². The van der Waals surface area contributed by atoms with Crippen LogP contribution in [0.15, 0.2) is 12.4 Å². The second-order valence-corrected chi connectivity index (χ2v) is 6.00. The van der Waals surface area contributed by atoms with Crippen molar-refractivity contribution in [3.8, 4) is 0 Å². The van der Waals surface area contributed by atoms with E-state index in [1.807, 2.05) is 6.20 Å². The van der Waals surface area contributed by atoms with E-state index < -0.39 is 0 Å². The summed E-state index contributed by atoms with van der Waals surface area (Å²) in [5.74, 6) is 2.65. The van der Waals surface area contributed by atoms with Crippen LogP contribution in [-0.4, -0.2) is 29.8 Å². The second kappa shape index (κ2) is 6.94. The minimum absolute atomic E-state index is 0.603. The van der Waals surface area contributed by atoms with Gasteiger partial charge in [-0.05, 0) is 37.5 Å². The summed E-state index contributed by atoms with van der Waals surface area (Å²) < 4.78 is 7.40. The third kappa shape index (κ3) is 3.96. The fourth-order valence-electron chi connectivity index (χ4n) is 3.29. The molecule has 108 valence electrons. The Balaban J connectivity index is 1.94. The first kappa shape index (κ1) is 14.4. The molecule has 0 amide bonds.